The average Bonchev–Trinajstić information content (AvgIpc) is 2.83. The molecule has 0 aliphatic heterocycles. The highest BCUT2D eigenvalue weighted by Crippen LogP contribution is 2.26. The zero-order valence-corrected chi connectivity index (χ0v) is 18.7. The maximum Gasteiger partial charge on any atom is 0.266 e. The summed E-state index contributed by atoms with van der Waals surface area (Å²) in [7, 11) is 1.53. The molecule has 2 N–H and O–H groups in total. The first-order chi connectivity index (χ1) is 16.4. The first kappa shape index (κ1) is 24.3. The molecule has 3 aromatic rings. The molecular formula is C25H19ClFN3O4. The third-order valence-electron chi connectivity index (χ3n) is 4.47. The number of anilines is 2. The number of nitriles is 1. The number of rotatable bonds is 8. The van der Waals surface area contributed by atoms with Gasteiger partial charge in [0.2, 0.25) is 0 Å². The first-order valence-corrected chi connectivity index (χ1v) is 10.3. The zero-order chi connectivity index (χ0) is 24.5. The quantitative estimate of drug-likeness (QED) is 0.348. The molecule has 0 aliphatic carbocycles. The van der Waals surface area contributed by atoms with Gasteiger partial charge in [0, 0.05) is 22.0 Å². The molecule has 172 valence electrons. The second-order valence-corrected chi connectivity index (χ2v) is 7.31. The van der Waals surface area contributed by atoms with Crippen molar-refractivity contribution in [3.63, 3.8) is 0 Å². The van der Waals surface area contributed by atoms with Gasteiger partial charge in [-0.15, -0.1) is 0 Å². The third-order valence-corrected chi connectivity index (χ3v) is 4.71. The van der Waals surface area contributed by atoms with Crippen molar-refractivity contribution >= 4 is 40.9 Å². The Morgan fingerprint density at radius 1 is 1.03 bits per heavy atom. The van der Waals surface area contributed by atoms with Crippen molar-refractivity contribution in [1.29, 1.82) is 5.26 Å². The molecule has 3 rings (SSSR count). The minimum Gasteiger partial charge on any atom is -0.497 e. The summed E-state index contributed by atoms with van der Waals surface area (Å²) in [6.07, 6.45) is 1.32. The monoisotopic (exact) mass is 479 g/mol. The van der Waals surface area contributed by atoms with E-state index in [0.29, 0.717) is 27.7 Å². The fraction of sp³-hybridized carbons (Fsp3) is 0.0800. The van der Waals surface area contributed by atoms with Crippen molar-refractivity contribution in [2.24, 2.45) is 0 Å². The highest BCUT2D eigenvalue weighted by molar-refractivity contribution is 6.30. The van der Waals surface area contributed by atoms with Crippen LogP contribution >= 0.6 is 11.6 Å². The first-order valence-electron chi connectivity index (χ1n) is 9.93. The van der Waals surface area contributed by atoms with Crippen LogP contribution in [0.15, 0.2) is 72.3 Å². The van der Waals surface area contributed by atoms with Crippen LogP contribution in [0.4, 0.5) is 15.8 Å². The number of nitrogens with zero attached hydrogens (tertiary/aromatic N) is 1. The highest BCUT2D eigenvalue weighted by Gasteiger charge is 2.13. The summed E-state index contributed by atoms with van der Waals surface area (Å²) in [4.78, 5) is 24.8. The molecule has 0 saturated carbocycles. The number of carbonyl (C=O) groups excluding carboxylic acids is 2. The smallest absolute Gasteiger partial charge is 0.266 e. The molecule has 0 aliphatic rings. The Kier molecular flexibility index (Phi) is 8.21. The average molecular weight is 480 g/mol. The maximum atomic E-state index is 13.0. The lowest BCUT2D eigenvalue weighted by atomic mass is 10.1. The molecule has 0 spiro atoms. The summed E-state index contributed by atoms with van der Waals surface area (Å²) >= 11 is 6.07. The van der Waals surface area contributed by atoms with Crippen LogP contribution in [0.3, 0.4) is 0 Å². The minimum absolute atomic E-state index is 0.196. The molecule has 0 heterocycles. The van der Waals surface area contributed by atoms with Crippen molar-refractivity contribution in [2.45, 2.75) is 0 Å². The summed E-state index contributed by atoms with van der Waals surface area (Å²) in [5, 5.41) is 15.1. The third kappa shape index (κ3) is 6.82. The lowest BCUT2D eigenvalue weighted by Gasteiger charge is -2.11. The van der Waals surface area contributed by atoms with Gasteiger partial charge in [0.25, 0.3) is 11.8 Å². The van der Waals surface area contributed by atoms with Gasteiger partial charge in [-0.1, -0.05) is 11.6 Å². The molecule has 7 nitrogen and oxygen atoms in total. The van der Waals surface area contributed by atoms with Gasteiger partial charge in [-0.05, 0) is 72.8 Å². The molecule has 0 aromatic heterocycles. The van der Waals surface area contributed by atoms with Gasteiger partial charge in [0.05, 0.1) is 7.11 Å². The molecular weight excluding hydrogens is 461 g/mol. The van der Waals surface area contributed by atoms with Gasteiger partial charge in [0.15, 0.2) is 6.61 Å². The van der Waals surface area contributed by atoms with Crippen LogP contribution in [0.5, 0.6) is 11.5 Å². The van der Waals surface area contributed by atoms with Crippen molar-refractivity contribution in [1.82, 2.24) is 0 Å². The molecule has 3 aromatic carbocycles. The number of methoxy groups -OCH3 is 1. The van der Waals surface area contributed by atoms with E-state index in [1.807, 2.05) is 6.07 Å². The van der Waals surface area contributed by atoms with E-state index >= 15 is 0 Å². The molecule has 2 amide bonds. The number of carbonyl (C=O) groups is 2. The van der Waals surface area contributed by atoms with Crippen LogP contribution in [0.1, 0.15) is 5.56 Å². The number of halogens is 2. The predicted molar refractivity (Wildman–Crippen MR) is 127 cm³/mol. The summed E-state index contributed by atoms with van der Waals surface area (Å²) in [5.41, 5.74) is 1.03. The molecule has 0 radical (unpaired) electrons. The minimum atomic E-state index is -0.632. The van der Waals surface area contributed by atoms with E-state index in [9.17, 15) is 19.2 Å². The number of amides is 2. The second kappa shape index (κ2) is 11.5. The molecule has 0 fully saturated rings. The van der Waals surface area contributed by atoms with E-state index in [0.717, 1.165) is 0 Å². The van der Waals surface area contributed by atoms with Gasteiger partial charge in [-0.25, -0.2) is 4.39 Å². The van der Waals surface area contributed by atoms with Crippen LogP contribution in [-0.2, 0) is 9.59 Å². The standard InChI is InChI=1S/C25H19ClFN3O4/c1-33-22-9-7-21(8-10-22)30-25(32)17(14-28)12-16-13-18(26)2-11-23(16)34-15-24(31)29-20-5-3-19(27)4-6-20/h2-13H,15H2,1H3,(H,29,31)(H,30,32). The molecule has 0 saturated heterocycles. The second-order valence-electron chi connectivity index (χ2n) is 6.88. The topological polar surface area (TPSA) is 100 Å². The van der Waals surface area contributed by atoms with E-state index in [1.54, 1.807) is 30.3 Å². The lowest BCUT2D eigenvalue weighted by molar-refractivity contribution is -0.118. The SMILES string of the molecule is COc1ccc(NC(=O)C(C#N)=Cc2cc(Cl)ccc2OCC(=O)Nc2ccc(F)cc2)cc1. The van der Waals surface area contributed by atoms with E-state index in [-0.39, 0.29) is 17.9 Å². The Balaban J connectivity index is 1.72. The lowest BCUT2D eigenvalue weighted by Crippen LogP contribution is -2.20. The Morgan fingerprint density at radius 2 is 1.68 bits per heavy atom. The van der Waals surface area contributed by atoms with E-state index in [1.165, 1.54) is 49.6 Å². The van der Waals surface area contributed by atoms with Gasteiger partial charge >= 0.3 is 0 Å². The van der Waals surface area contributed by atoms with Crippen molar-refractivity contribution in [2.75, 3.05) is 24.4 Å². The van der Waals surface area contributed by atoms with Gasteiger partial charge < -0.3 is 20.1 Å². The summed E-state index contributed by atoms with van der Waals surface area (Å²) in [5.74, 6) is -0.667. The number of hydrogen-bond acceptors (Lipinski definition) is 5. The largest absolute Gasteiger partial charge is 0.497 e. The molecule has 34 heavy (non-hydrogen) atoms. The maximum absolute atomic E-state index is 13.0. The summed E-state index contributed by atoms with van der Waals surface area (Å²) < 4.78 is 23.7. The number of hydrogen-bond donors (Lipinski definition) is 2. The van der Waals surface area contributed by atoms with Gasteiger partial charge in [-0.2, -0.15) is 5.26 Å². The fourth-order valence-electron chi connectivity index (χ4n) is 2.81. The number of nitrogens with one attached hydrogen (secondary N) is 2. The van der Waals surface area contributed by atoms with Crippen LogP contribution in [0, 0.1) is 17.1 Å². The Hall–Kier alpha value is -4.35. The summed E-state index contributed by atoms with van der Waals surface area (Å²) in [6.45, 7) is -0.361. The molecule has 9 heteroatoms. The Labute approximate surface area is 200 Å². The molecule has 0 unspecified atom stereocenters. The van der Waals surface area contributed by atoms with Crippen molar-refractivity contribution in [3.8, 4) is 17.6 Å². The van der Waals surface area contributed by atoms with Crippen LogP contribution in [0.25, 0.3) is 6.08 Å². The van der Waals surface area contributed by atoms with Gasteiger partial charge in [0.1, 0.15) is 29.0 Å². The number of benzene rings is 3. The fourth-order valence-corrected chi connectivity index (χ4v) is 2.99. The Bertz CT molecular complexity index is 1250. The van der Waals surface area contributed by atoms with E-state index in [4.69, 9.17) is 21.1 Å². The highest BCUT2D eigenvalue weighted by atomic mass is 35.5. The van der Waals surface area contributed by atoms with Crippen molar-refractivity contribution < 1.29 is 23.5 Å². The van der Waals surface area contributed by atoms with Crippen LogP contribution < -0.4 is 20.1 Å². The van der Waals surface area contributed by atoms with Crippen molar-refractivity contribution in [3.05, 3.63) is 88.7 Å². The van der Waals surface area contributed by atoms with E-state index in [2.05, 4.69) is 10.6 Å². The predicted octanol–water partition coefficient (Wildman–Crippen LogP) is 5.05. The molecule has 0 atom stereocenters. The number of ether oxygens (including phenoxy) is 2. The molecule has 0 bridgehead atoms. The zero-order valence-electron chi connectivity index (χ0n) is 18.0. The van der Waals surface area contributed by atoms with Gasteiger partial charge in [-0.3, -0.25) is 9.59 Å². The Morgan fingerprint density at radius 3 is 2.32 bits per heavy atom. The summed E-state index contributed by atoms with van der Waals surface area (Å²) in [6, 6.07) is 18.3. The van der Waals surface area contributed by atoms with Crippen LogP contribution in [0.2, 0.25) is 5.02 Å². The normalized spacial score (nSPS) is 10.7. The van der Waals surface area contributed by atoms with E-state index < -0.39 is 17.6 Å². The van der Waals surface area contributed by atoms with Crippen LogP contribution in [-0.4, -0.2) is 25.5 Å².